The molecule has 0 aliphatic carbocycles. The molecule has 0 saturated carbocycles. The number of hydrogen-bond acceptors (Lipinski definition) is 2. The first-order valence-electron chi connectivity index (χ1n) is 6.69. The quantitative estimate of drug-likeness (QED) is 0.902. The van der Waals surface area contributed by atoms with Crippen molar-refractivity contribution >= 4 is 12.4 Å². The molecule has 1 aromatic carbocycles. The van der Waals surface area contributed by atoms with Gasteiger partial charge < -0.3 is 10.1 Å². The fourth-order valence-electron chi connectivity index (χ4n) is 2.21. The smallest absolute Gasteiger partial charge is 0.119 e. The fourth-order valence-corrected chi connectivity index (χ4v) is 2.21. The SMILES string of the molecule is CC(C)c1ccc(OCC2CCNCC2)cc1.Cl. The van der Waals surface area contributed by atoms with Crippen LogP contribution in [-0.2, 0) is 0 Å². The third-order valence-electron chi connectivity index (χ3n) is 3.49. The first-order chi connectivity index (χ1) is 8.25. The minimum Gasteiger partial charge on any atom is -0.493 e. The Morgan fingerprint density at radius 3 is 2.33 bits per heavy atom. The molecule has 1 N–H and O–H groups in total. The molecule has 1 fully saturated rings. The van der Waals surface area contributed by atoms with Crippen LogP contribution in [0.3, 0.4) is 0 Å². The van der Waals surface area contributed by atoms with Gasteiger partial charge in [-0.15, -0.1) is 12.4 Å². The van der Waals surface area contributed by atoms with E-state index in [1.165, 1.54) is 18.4 Å². The summed E-state index contributed by atoms with van der Waals surface area (Å²) in [4.78, 5) is 0. The Morgan fingerprint density at radius 1 is 1.17 bits per heavy atom. The molecule has 3 heteroatoms. The van der Waals surface area contributed by atoms with Crippen LogP contribution >= 0.6 is 12.4 Å². The van der Waals surface area contributed by atoms with Gasteiger partial charge in [0.05, 0.1) is 6.61 Å². The van der Waals surface area contributed by atoms with Crippen molar-refractivity contribution in [3.05, 3.63) is 29.8 Å². The maximum atomic E-state index is 5.85. The molecule has 1 aromatic rings. The lowest BCUT2D eigenvalue weighted by Gasteiger charge is -2.22. The van der Waals surface area contributed by atoms with Crippen LogP contribution in [-0.4, -0.2) is 19.7 Å². The summed E-state index contributed by atoms with van der Waals surface area (Å²) >= 11 is 0. The zero-order valence-corrected chi connectivity index (χ0v) is 12.1. The number of hydrogen-bond donors (Lipinski definition) is 1. The lowest BCUT2D eigenvalue weighted by atomic mass is 9.99. The van der Waals surface area contributed by atoms with Crippen molar-refractivity contribution in [1.29, 1.82) is 0 Å². The van der Waals surface area contributed by atoms with Gasteiger partial charge in [-0.25, -0.2) is 0 Å². The topological polar surface area (TPSA) is 21.3 Å². The molecule has 2 rings (SSSR count). The Labute approximate surface area is 117 Å². The molecule has 0 aromatic heterocycles. The summed E-state index contributed by atoms with van der Waals surface area (Å²) < 4.78 is 5.85. The van der Waals surface area contributed by atoms with E-state index in [-0.39, 0.29) is 12.4 Å². The number of nitrogens with one attached hydrogen (secondary N) is 1. The van der Waals surface area contributed by atoms with Crippen molar-refractivity contribution in [1.82, 2.24) is 5.32 Å². The second-order valence-electron chi connectivity index (χ2n) is 5.23. The molecule has 0 spiro atoms. The summed E-state index contributed by atoms with van der Waals surface area (Å²) in [6.45, 7) is 7.57. The third kappa shape index (κ3) is 4.51. The van der Waals surface area contributed by atoms with Crippen molar-refractivity contribution in [2.24, 2.45) is 5.92 Å². The van der Waals surface area contributed by atoms with Crippen molar-refractivity contribution in [2.75, 3.05) is 19.7 Å². The highest BCUT2D eigenvalue weighted by atomic mass is 35.5. The average Bonchev–Trinajstić information content (AvgIpc) is 2.38. The van der Waals surface area contributed by atoms with E-state index in [1.807, 2.05) is 0 Å². The number of benzene rings is 1. The number of rotatable bonds is 4. The number of halogens is 1. The predicted octanol–water partition coefficient (Wildman–Crippen LogP) is 3.61. The van der Waals surface area contributed by atoms with Gasteiger partial charge in [-0.05, 0) is 55.5 Å². The number of ether oxygens (including phenoxy) is 1. The van der Waals surface area contributed by atoms with E-state index in [1.54, 1.807) is 0 Å². The summed E-state index contributed by atoms with van der Waals surface area (Å²) in [5.74, 6) is 2.32. The molecule has 2 nitrogen and oxygen atoms in total. The Balaban J connectivity index is 0.00000162. The third-order valence-corrected chi connectivity index (χ3v) is 3.49. The largest absolute Gasteiger partial charge is 0.493 e. The van der Waals surface area contributed by atoms with E-state index in [0.29, 0.717) is 5.92 Å². The van der Waals surface area contributed by atoms with Gasteiger partial charge in [0.25, 0.3) is 0 Å². The van der Waals surface area contributed by atoms with Gasteiger partial charge in [0, 0.05) is 0 Å². The van der Waals surface area contributed by atoms with Crippen molar-refractivity contribution in [3.63, 3.8) is 0 Å². The number of piperidine rings is 1. The standard InChI is InChI=1S/C15H23NO.ClH/c1-12(2)14-3-5-15(6-4-14)17-11-13-7-9-16-10-8-13;/h3-6,12-13,16H,7-11H2,1-2H3;1H. The second kappa shape index (κ2) is 7.65. The Morgan fingerprint density at radius 2 is 1.78 bits per heavy atom. The molecule has 0 atom stereocenters. The summed E-state index contributed by atoms with van der Waals surface area (Å²) in [5.41, 5.74) is 1.37. The van der Waals surface area contributed by atoms with Crippen molar-refractivity contribution in [2.45, 2.75) is 32.6 Å². The highest BCUT2D eigenvalue weighted by Gasteiger charge is 2.13. The Kier molecular flexibility index (Phi) is 6.51. The van der Waals surface area contributed by atoms with Crippen LogP contribution in [0.4, 0.5) is 0 Å². The zero-order chi connectivity index (χ0) is 12.1. The van der Waals surface area contributed by atoms with Crippen LogP contribution in [0.25, 0.3) is 0 Å². The van der Waals surface area contributed by atoms with Gasteiger partial charge in [0.15, 0.2) is 0 Å². The normalized spacial score (nSPS) is 16.4. The summed E-state index contributed by atoms with van der Waals surface area (Å²) in [6, 6.07) is 8.53. The average molecular weight is 270 g/mol. The summed E-state index contributed by atoms with van der Waals surface area (Å²) in [7, 11) is 0. The van der Waals surface area contributed by atoms with E-state index in [4.69, 9.17) is 4.74 Å². The van der Waals surface area contributed by atoms with Crippen LogP contribution < -0.4 is 10.1 Å². The van der Waals surface area contributed by atoms with Crippen LogP contribution in [0.1, 0.15) is 38.2 Å². The molecule has 0 radical (unpaired) electrons. The molecule has 1 aliphatic heterocycles. The van der Waals surface area contributed by atoms with E-state index in [2.05, 4.69) is 43.4 Å². The molecular formula is C15H24ClNO. The fraction of sp³-hybridized carbons (Fsp3) is 0.600. The van der Waals surface area contributed by atoms with Gasteiger partial charge in [-0.3, -0.25) is 0 Å². The minimum absolute atomic E-state index is 0. The van der Waals surface area contributed by atoms with Gasteiger partial charge in [-0.2, -0.15) is 0 Å². The van der Waals surface area contributed by atoms with E-state index >= 15 is 0 Å². The van der Waals surface area contributed by atoms with Crippen LogP contribution in [0.2, 0.25) is 0 Å². The Bertz CT molecular complexity index is 331. The van der Waals surface area contributed by atoms with Gasteiger partial charge in [0.1, 0.15) is 5.75 Å². The van der Waals surface area contributed by atoms with Gasteiger partial charge >= 0.3 is 0 Å². The van der Waals surface area contributed by atoms with E-state index < -0.39 is 0 Å². The van der Waals surface area contributed by atoms with E-state index in [9.17, 15) is 0 Å². The predicted molar refractivity (Wildman–Crippen MR) is 78.9 cm³/mol. The molecule has 1 aliphatic rings. The highest BCUT2D eigenvalue weighted by Crippen LogP contribution is 2.20. The van der Waals surface area contributed by atoms with Crippen LogP contribution in [0.15, 0.2) is 24.3 Å². The summed E-state index contributed by atoms with van der Waals surface area (Å²) in [5, 5.41) is 3.38. The second-order valence-corrected chi connectivity index (χ2v) is 5.23. The zero-order valence-electron chi connectivity index (χ0n) is 11.3. The Hall–Kier alpha value is -0.730. The van der Waals surface area contributed by atoms with Crippen molar-refractivity contribution < 1.29 is 4.74 Å². The monoisotopic (exact) mass is 269 g/mol. The van der Waals surface area contributed by atoms with Gasteiger partial charge in [0.2, 0.25) is 0 Å². The minimum atomic E-state index is 0. The molecule has 18 heavy (non-hydrogen) atoms. The summed E-state index contributed by atoms with van der Waals surface area (Å²) in [6.07, 6.45) is 2.48. The van der Waals surface area contributed by atoms with Crippen LogP contribution in [0.5, 0.6) is 5.75 Å². The van der Waals surface area contributed by atoms with Crippen LogP contribution in [0, 0.1) is 5.92 Å². The molecule has 0 unspecified atom stereocenters. The molecule has 1 heterocycles. The highest BCUT2D eigenvalue weighted by molar-refractivity contribution is 5.85. The maximum absolute atomic E-state index is 5.85. The maximum Gasteiger partial charge on any atom is 0.119 e. The van der Waals surface area contributed by atoms with E-state index in [0.717, 1.165) is 31.4 Å². The van der Waals surface area contributed by atoms with Crippen molar-refractivity contribution in [3.8, 4) is 5.75 Å². The molecule has 0 bridgehead atoms. The first kappa shape index (κ1) is 15.3. The lowest BCUT2D eigenvalue weighted by Crippen LogP contribution is -2.30. The molecular weight excluding hydrogens is 246 g/mol. The first-order valence-corrected chi connectivity index (χ1v) is 6.69. The molecule has 1 saturated heterocycles. The molecule has 102 valence electrons. The van der Waals surface area contributed by atoms with Gasteiger partial charge in [-0.1, -0.05) is 26.0 Å². The lowest BCUT2D eigenvalue weighted by molar-refractivity contribution is 0.215. The molecule has 0 amide bonds.